The summed E-state index contributed by atoms with van der Waals surface area (Å²) in [6, 6.07) is 48.3. The van der Waals surface area contributed by atoms with Gasteiger partial charge in [-0.3, -0.25) is 0 Å². The molecule has 0 amide bonds. The monoisotopic (exact) mass is 660 g/mol. The molecule has 0 aliphatic heterocycles. The van der Waals surface area contributed by atoms with Crippen LogP contribution in [0.2, 0.25) is 0 Å². The molecule has 6 aromatic carbocycles. The summed E-state index contributed by atoms with van der Waals surface area (Å²) in [5, 5.41) is 24.6. The third kappa shape index (κ3) is 3.86. The molecule has 0 N–H and O–H groups in total. The van der Waals surface area contributed by atoms with Gasteiger partial charge in [-0.1, -0.05) is 60.7 Å². The van der Waals surface area contributed by atoms with Crippen LogP contribution in [0, 0.1) is 26.2 Å². The summed E-state index contributed by atoms with van der Waals surface area (Å²) in [5.74, 6) is 0. The van der Waals surface area contributed by atoms with Gasteiger partial charge in [0.05, 0.1) is 51.0 Å². The number of aromatic nitrogens is 2. The molecule has 0 radical (unpaired) electrons. The predicted molar refractivity (Wildman–Crippen MR) is 183 cm³/mol. The molecule has 0 unspecified atom stereocenters. The molecule has 4 nitrogen and oxygen atoms in total. The van der Waals surface area contributed by atoms with Crippen molar-refractivity contribution < 1.29 is 0 Å². The molecule has 2 heterocycles. The number of para-hydroxylation sites is 3. The molecule has 2 aromatic heterocycles. The van der Waals surface area contributed by atoms with Crippen molar-refractivity contribution in [1.29, 1.82) is 10.5 Å². The Balaban J connectivity index is 1.39. The van der Waals surface area contributed by atoms with Crippen LogP contribution in [0.15, 0.2) is 127 Å². The van der Waals surface area contributed by atoms with Gasteiger partial charge in [-0.15, -0.1) is 0 Å². The molecule has 0 saturated carbocycles. The van der Waals surface area contributed by atoms with Crippen molar-refractivity contribution in [2.75, 3.05) is 0 Å². The Kier molecular flexibility index (Phi) is 5.82. The van der Waals surface area contributed by atoms with Crippen molar-refractivity contribution in [3.8, 4) is 34.6 Å². The third-order valence-corrected chi connectivity index (χ3v) is 8.92. The molecule has 5 heteroatoms. The molecule has 0 fully saturated rings. The molecular weight excluding hydrogens is 639 g/mol. The van der Waals surface area contributed by atoms with Crippen LogP contribution in [-0.4, -0.2) is 9.13 Å². The highest BCUT2D eigenvalue weighted by molar-refractivity contribution is 14.1. The normalized spacial score (nSPS) is 11.3. The molecule has 43 heavy (non-hydrogen) atoms. The van der Waals surface area contributed by atoms with Crippen molar-refractivity contribution in [2.24, 2.45) is 0 Å². The van der Waals surface area contributed by atoms with Crippen molar-refractivity contribution in [1.82, 2.24) is 9.13 Å². The first-order valence-electron chi connectivity index (χ1n) is 13.9. The highest BCUT2D eigenvalue weighted by atomic mass is 127. The van der Waals surface area contributed by atoms with E-state index in [2.05, 4.69) is 135 Å². The topological polar surface area (TPSA) is 57.4 Å². The maximum Gasteiger partial charge on any atom is 0.0998 e. The van der Waals surface area contributed by atoms with Gasteiger partial charge in [0.2, 0.25) is 0 Å². The Morgan fingerprint density at radius 2 is 1.09 bits per heavy atom. The lowest BCUT2D eigenvalue weighted by molar-refractivity contribution is 1.17. The van der Waals surface area contributed by atoms with E-state index in [-0.39, 0.29) is 0 Å². The minimum absolute atomic E-state index is 0.607. The standard InChI is InChI=1S/C38H21IN4/c39-26-14-18-38(43-36-12-6-3-9-31(36)32-19-24(22-40)13-17-37(32)43)33(21-26)28-16-15-27(20-25(28)23-41)42-34-10-4-1-7-29(34)30-8-2-5-11-35(30)42/h1-21H. The molecule has 0 bridgehead atoms. The van der Waals surface area contributed by atoms with Gasteiger partial charge in [-0.05, 0) is 89.3 Å². The Hall–Kier alpha value is -5.37. The van der Waals surface area contributed by atoms with Crippen LogP contribution >= 0.6 is 22.6 Å². The van der Waals surface area contributed by atoms with E-state index in [9.17, 15) is 10.5 Å². The van der Waals surface area contributed by atoms with Gasteiger partial charge in [0.1, 0.15) is 0 Å². The number of rotatable bonds is 3. The van der Waals surface area contributed by atoms with Gasteiger partial charge < -0.3 is 9.13 Å². The zero-order valence-electron chi connectivity index (χ0n) is 22.8. The minimum Gasteiger partial charge on any atom is -0.309 e. The second-order valence-electron chi connectivity index (χ2n) is 10.6. The van der Waals surface area contributed by atoms with Crippen LogP contribution in [0.5, 0.6) is 0 Å². The molecule has 0 spiro atoms. The second-order valence-corrected chi connectivity index (χ2v) is 11.8. The largest absolute Gasteiger partial charge is 0.309 e. The first kappa shape index (κ1) is 25.3. The molecule has 8 aromatic rings. The third-order valence-electron chi connectivity index (χ3n) is 8.25. The molecule has 0 aliphatic carbocycles. The summed E-state index contributed by atoms with van der Waals surface area (Å²) in [4.78, 5) is 0. The highest BCUT2D eigenvalue weighted by Gasteiger charge is 2.19. The van der Waals surface area contributed by atoms with Crippen LogP contribution in [0.25, 0.3) is 66.1 Å². The average Bonchev–Trinajstić information content (AvgIpc) is 3.57. The van der Waals surface area contributed by atoms with Gasteiger partial charge in [-0.25, -0.2) is 0 Å². The zero-order chi connectivity index (χ0) is 29.1. The SMILES string of the molecule is N#Cc1ccc2c(c1)c1ccccc1n2-c1ccc(I)cc1-c1ccc(-n2c3ccccc3c3ccccc32)cc1C#N. The van der Waals surface area contributed by atoms with Crippen LogP contribution in [-0.2, 0) is 0 Å². The summed E-state index contributed by atoms with van der Waals surface area (Å²) < 4.78 is 5.57. The Bertz CT molecular complexity index is 2450. The molecule has 0 saturated heterocycles. The van der Waals surface area contributed by atoms with Crippen LogP contribution < -0.4 is 0 Å². The minimum atomic E-state index is 0.607. The molecule has 200 valence electrons. The Morgan fingerprint density at radius 3 is 1.74 bits per heavy atom. The zero-order valence-corrected chi connectivity index (χ0v) is 24.9. The van der Waals surface area contributed by atoms with Crippen molar-refractivity contribution in [3.05, 3.63) is 142 Å². The number of hydrogen-bond acceptors (Lipinski definition) is 2. The van der Waals surface area contributed by atoms with Crippen LogP contribution in [0.3, 0.4) is 0 Å². The van der Waals surface area contributed by atoms with E-state index in [0.29, 0.717) is 11.1 Å². The molecule has 8 rings (SSSR count). The predicted octanol–water partition coefficient (Wildman–Crippen LogP) is 9.90. The maximum absolute atomic E-state index is 10.5. The fourth-order valence-corrected chi connectivity index (χ4v) is 6.91. The molecular formula is C38H21IN4. The smallest absolute Gasteiger partial charge is 0.0998 e. The summed E-state index contributed by atoms with van der Waals surface area (Å²) in [5.41, 5.74) is 9.31. The van der Waals surface area contributed by atoms with Crippen molar-refractivity contribution in [2.45, 2.75) is 0 Å². The number of nitriles is 2. The number of halogens is 1. The summed E-state index contributed by atoms with van der Waals surface area (Å²) in [6.45, 7) is 0. The van der Waals surface area contributed by atoms with E-state index in [0.717, 1.165) is 58.9 Å². The van der Waals surface area contributed by atoms with Crippen LogP contribution in [0.1, 0.15) is 11.1 Å². The maximum atomic E-state index is 10.5. The summed E-state index contributed by atoms with van der Waals surface area (Å²) >= 11 is 2.34. The van der Waals surface area contributed by atoms with E-state index in [1.807, 2.05) is 36.4 Å². The summed E-state index contributed by atoms with van der Waals surface area (Å²) in [7, 11) is 0. The average molecular weight is 661 g/mol. The summed E-state index contributed by atoms with van der Waals surface area (Å²) in [6.07, 6.45) is 0. The fourth-order valence-electron chi connectivity index (χ4n) is 6.42. The van der Waals surface area contributed by atoms with Gasteiger partial charge >= 0.3 is 0 Å². The van der Waals surface area contributed by atoms with E-state index >= 15 is 0 Å². The van der Waals surface area contributed by atoms with E-state index in [1.54, 1.807) is 0 Å². The van der Waals surface area contributed by atoms with Gasteiger partial charge in [-0.2, -0.15) is 10.5 Å². The lowest BCUT2D eigenvalue weighted by Gasteiger charge is -2.17. The quantitative estimate of drug-likeness (QED) is 0.177. The lowest BCUT2D eigenvalue weighted by Crippen LogP contribution is -2.00. The lowest BCUT2D eigenvalue weighted by atomic mass is 9.97. The first-order valence-corrected chi connectivity index (χ1v) is 15.0. The van der Waals surface area contributed by atoms with Gasteiger partial charge in [0.15, 0.2) is 0 Å². The van der Waals surface area contributed by atoms with E-state index in [4.69, 9.17) is 0 Å². The fraction of sp³-hybridized carbons (Fsp3) is 0. The Labute approximate surface area is 261 Å². The number of nitrogens with zero attached hydrogens (tertiary/aromatic N) is 4. The van der Waals surface area contributed by atoms with Crippen molar-refractivity contribution in [3.63, 3.8) is 0 Å². The van der Waals surface area contributed by atoms with Crippen LogP contribution in [0.4, 0.5) is 0 Å². The molecule has 0 atom stereocenters. The Morgan fingerprint density at radius 1 is 0.488 bits per heavy atom. The molecule has 0 aliphatic rings. The van der Waals surface area contributed by atoms with Gasteiger partial charge in [0, 0.05) is 41.9 Å². The van der Waals surface area contributed by atoms with E-state index < -0.39 is 0 Å². The first-order chi connectivity index (χ1) is 21.2. The van der Waals surface area contributed by atoms with E-state index in [1.165, 1.54) is 10.8 Å². The highest BCUT2D eigenvalue weighted by Crippen LogP contribution is 2.39. The van der Waals surface area contributed by atoms with Gasteiger partial charge in [0.25, 0.3) is 0 Å². The number of benzene rings is 6. The number of fused-ring (bicyclic) bond motifs is 6. The van der Waals surface area contributed by atoms with Crippen molar-refractivity contribution >= 4 is 66.2 Å². The second kappa shape index (κ2) is 9.87. The number of hydrogen-bond donors (Lipinski definition) is 0.